The fraction of sp³-hybridized carbons (Fsp3) is 0.462. The summed E-state index contributed by atoms with van der Waals surface area (Å²) in [4.78, 5) is 1.44. The van der Waals surface area contributed by atoms with Crippen LogP contribution in [0.5, 0.6) is 0 Å². The van der Waals surface area contributed by atoms with E-state index in [1.54, 1.807) is 0 Å². The fourth-order valence-corrected chi connectivity index (χ4v) is 2.63. The first-order valence-electron chi connectivity index (χ1n) is 6.04. The number of thiophene rings is 1. The third-order valence-electron chi connectivity index (χ3n) is 2.77. The van der Waals surface area contributed by atoms with Crippen molar-refractivity contribution in [3.8, 4) is 0 Å². The highest BCUT2D eigenvalue weighted by Gasteiger charge is 2.04. The lowest BCUT2D eigenvalue weighted by Gasteiger charge is -2.03. The Morgan fingerprint density at radius 3 is 3.06 bits per heavy atom. The normalized spacial score (nSPS) is 10.9. The molecular formula is C13H19N3S. The van der Waals surface area contributed by atoms with Gasteiger partial charge in [-0.25, -0.2) is 0 Å². The minimum Gasteiger partial charge on any atom is -0.312 e. The summed E-state index contributed by atoms with van der Waals surface area (Å²) in [6.07, 6.45) is 4.22. The van der Waals surface area contributed by atoms with Crippen LogP contribution >= 0.6 is 11.3 Å². The minimum absolute atomic E-state index is 0.919. The quantitative estimate of drug-likeness (QED) is 0.797. The minimum atomic E-state index is 0.919. The summed E-state index contributed by atoms with van der Waals surface area (Å²) in [5.41, 5.74) is 2.53. The van der Waals surface area contributed by atoms with Crippen LogP contribution in [-0.4, -0.2) is 16.3 Å². The van der Waals surface area contributed by atoms with E-state index in [0.717, 1.165) is 25.9 Å². The molecule has 0 aliphatic heterocycles. The fourth-order valence-electron chi connectivity index (χ4n) is 1.92. The Hall–Kier alpha value is -1.13. The lowest BCUT2D eigenvalue weighted by atomic mass is 10.2. The SMILES string of the molecule is CCc1nn(C)cc1CNCCc1cccs1. The molecule has 92 valence electrons. The highest BCUT2D eigenvalue weighted by atomic mass is 32.1. The van der Waals surface area contributed by atoms with Crippen molar-refractivity contribution >= 4 is 11.3 Å². The molecule has 0 atom stereocenters. The van der Waals surface area contributed by atoms with Gasteiger partial charge in [0.25, 0.3) is 0 Å². The molecule has 2 rings (SSSR count). The van der Waals surface area contributed by atoms with Gasteiger partial charge in [-0.3, -0.25) is 4.68 Å². The van der Waals surface area contributed by atoms with E-state index in [0.29, 0.717) is 0 Å². The van der Waals surface area contributed by atoms with E-state index in [2.05, 4.69) is 41.0 Å². The van der Waals surface area contributed by atoms with Crippen LogP contribution in [-0.2, 0) is 26.4 Å². The van der Waals surface area contributed by atoms with Crippen molar-refractivity contribution in [2.24, 2.45) is 7.05 Å². The van der Waals surface area contributed by atoms with Gasteiger partial charge < -0.3 is 5.32 Å². The number of rotatable bonds is 6. The number of aromatic nitrogens is 2. The number of aryl methyl sites for hydroxylation is 2. The Morgan fingerprint density at radius 1 is 1.47 bits per heavy atom. The largest absolute Gasteiger partial charge is 0.312 e. The summed E-state index contributed by atoms with van der Waals surface area (Å²) in [5, 5.41) is 10.0. The molecule has 0 aromatic carbocycles. The van der Waals surface area contributed by atoms with E-state index in [1.165, 1.54) is 16.1 Å². The maximum Gasteiger partial charge on any atom is 0.0666 e. The van der Waals surface area contributed by atoms with Crippen molar-refractivity contribution in [2.75, 3.05) is 6.54 Å². The van der Waals surface area contributed by atoms with Crippen LogP contribution in [0.4, 0.5) is 0 Å². The topological polar surface area (TPSA) is 29.9 Å². The highest BCUT2D eigenvalue weighted by Crippen LogP contribution is 2.09. The molecular weight excluding hydrogens is 230 g/mol. The number of nitrogens with zero attached hydrogens (tertiary/aromatic N) is 2. The molecule has 3 nitrogen and oxygen atoms in total. The molecule has 0 amide bonds. The average Bonchev–Trinajstić information content (AvgIpc) is 2.93. The van der Waals surface area contributed by atoms with Gasteiger partial charge in [-0.2, -0.15) is 5.10 Å². The smallest absolute Gasteiger partial charge is 0.0666 e. The van der Waals surface area contributed by atoms with Crippen LogP contribution in [0.3, 0.4) is 0 Å². The van der Waals surface area contributed by atoms with Crippen LogP contribution < -0.4 is 5.32 Å². The number of nitrogens with one attached hydrogen (secondary N) is 1. The molecule has 0 radical (unpaired) electrons. The van der Waals surface area contributed by atoms with Gasteiger partial charge in [-0.1, -0.05) is 13.0 Å². The second-order valence-corrected chi connectivity index (χ2v) is 5.17. The Morgan fingerprint density at radius 2 is 2.35 bits per heavy atom. The third kappa shape index (κ3) is 3.41. The molecule has 0 aliphatic rings. The number of hydrogen-bond acceptors (Lipinski definition) is 3. The lowest BCUT2D eigenvalue weighted by molar-refractivity contribution is 0.686. The third-order valence-corrected chi connectivity index (χ3v) is 3.71. The zero-order valence-corrected chi connectivity index (χ0v) is 11.3. The predicted molar refractivity (Wildman–Crippen MR) is 72.3 cm³/mol. The van der Waals surface area contributed by atoms with Gasteiger partial charge in [0.15, 0.2) is 0 Å². The summed E-state index contributed by atoms with van der Waals surface area (Å²) in [7, 11) is 1.98. The molecule has 0 saturated carbocycles. The second kappa shape index (κ2) is 5.98. The van der Waals surface area contributed by atoms with Gasteiger partial charge in [-0.05, 0) is 24.3 Å². The molecule has 4 heteroatoms. The molecule has 2 aromatic heterocycles. The molecule has 0 aliphatic carbocycles. The molecule has 0 bridgehead atoms. The molecule has 0 spiro atoms. The van der Waals surface area contributed by atoms with Crippen LogP contribution in [0.15, 0.2) is 23.7 Å². The molecule has 2 aromatic rings. The van der Waals surface area contributed by atoms with Gasteiger partial charge in [0, 0.05) is 36.8 Å². The van der Waals surface area contributed by atoms with E-state index in [9.17, 15) is 0 Å². The van der Waals surface area contributed by atoms with Crippen LogP contribution in [0.2, 0.25) is 0 Å². The van der Waals surface area contributed by atoms with Crippen molar-refractivity contribution in [1.82, 2.24) is 15.1 Å². The maximum atomic E-state index is 4.44. The number of hydrogen-bond donors (Lipinski definition) is 1. The van der Waals surface area contributed by atoms with Gasteiger partial charge >= 0.3 is 0 Å². The average molecular weight is 249 g/mol. The van der Waals surface area contributed by atoms with Gasteiger partial charge in [0.2, 0.25) is 0 Å². The van der Waals surface area contributed by atoms with Crippen LogP contribution in [0.1, 0.15) is 23.1 Å². The summed E-state index contributed by atoms with van der Waals surface area (Å²) < 4.78 is 1.90. The Balaban J connectivity index is 1.77. The summed E-state index contributed by atoms with van der Waals surface area (Å²) >= 11 is 1.82. The standard InChI is InChI=1S/C13H19N3S/c1-3-13-11(10-16(2)15-13)9-14-7-6-12-5-4-8-17-12/h4-5,8,10,14H,3,6-7,9H2,1-2H3. The van der Waals surface area contributed by atoms with Gasteiger partial charge in [-0.15, -0.1) is 11.3 Å². The van der Waals surface area contributed by atoms with Gasteiger partial charge in [0.05, 0.1) is 5.69 Å². The predicted octanol–water partition coefficient (Wildman–Crippen LogP) is 2.38. The molecule has 2 heterocycles. The van der Waals surface area contributed by atoms with Crippen molar-refractivity contribution in [3.63, 3.8) is 0 Å². The Bertz CT molecular complexity index is 445. The second-order valence-electron chi connectivity index (χ2n) is 4.13. The molecule has 0 fully saturated rings. The first-order valence-corrected chi connectivity index (χ1v) is 6.92. The van der Waals surface area contributed by atoms with Crippen molar-refractivity contribution in [2.45, 2.75) is 26.3 Å². The van der Waals surface area contributed by atoms with E-state index in [-0.39, 0.29) is 0 Å². The zero-order chi connectivity index (χ0) is 12.1. The first-order chi connectivity index (χ1) is 8.29. The van der Waals surface area contributed by atoms with Crippen LogP contribution in [0, 0.1) is 0 Å². The van der Waals surface area contributed by atoms with Gasteiger partial charge in [0.1, 0.15) is 0 Å². The van der Waals surface area contributed by atoms with E-state index < -0.39 is 0 Å². The summed E-state index contributed by atoms with van der Waals surface area (Å²) in [6.45, 7) is 4.10. The van der Waals surface area contributed by atoms with E-state index in [1.807, 2.05) is 23.1 Å². The molecule has 17 heavy (non-hydrogen) atoms. The van der Waals surface area contributed by atoms with E-state index >= 15 is 0 Å². The first kappa shape index (κ1) is 12.3. The Kier molecular flexibility index (Phi) is 4.34. The molecule has 0 saturated heterocycles. The monoisotopic (exact) mass is 249 g/mol. The Labute approximate surface area is 106 Å². The molecule has 1 N–H and O–H groups in total. The van der Waals surface area contributed by atoms with Crippen molar-refractivity contribution in [1.29, 1.82) is 0 Å². The van der Waals surface area contributed by atoms with Crippen molar-refractivity contribution in [3.05, 3.63) is 39.8 Å². The van der Waals surface area contributed by atoms with Crippen molar-refractivity contribution < 1.29 is 0 Å². The summed E-state index contributed by atoms with van der Waals surface area (Å²) in [5.74, 6) is 0. The zero-order valence-electron chi connectivity index (χ0n) is 10.4. The highest BCUT2D eigenvalue weighted by molar-refractivity contribution is 7.09. The lowest BCUT2D eigenvalue weighted by Crippen LogP contribution is -2.16. The maximum absolute atomic E-state index is 4.44. The van der Waals surface area contributed by atoms with E-state index in [4.69, 9.17) is 0 Å². The summed E-state index contributed by atoms with van der Waals surface area (Å²) in [6, 6.07) is 4.30. The molecule has 0 unspecified atom stereocenters. The van der Waals surface area contributed by atoms with Crippen LogP contribution in [0.25, 0.3) is 0 Å².